The topological polar surface area (TPSA) is 54.9 Å². The molecule has 5 nitrogen and oxygen atoms in total. The highest BCUT2D eigenvalue weighted by Crippen LogP contribution is 2.24. The summed E-state index contributed by atoms with van der Waals surface area (Å²) in [5, 5.41) is 6.15. The predicted octanol–water partition coefficient (Wildman–Crippen LogP) is 3.92. The lowest BCUT2D eigenvalue weighted by Crippen LogP contribution is -2.37. The Bertz CT molecular complexity index is 534. The van der Waals surface area contributed by atoms with Crippen LogP contribution in [-0.2, 0) is 11.3 Å². The molecule has 1 rings (SSSR count). The lowest BCUT2D eigenvalue weighted by Gasteiger charge is -2.13. The molecule has 1 aromatic carbocycles. The van der Waals surface area contributed by atoms with Crippen LogP contribution < -0.4 is 15.4 Å². The van der Waals surface area contributed by atoms with E-state index in [1.54, 1.807) is 0 Å². The summed E-state index contributed by atoms with van der Waals surface area (Å²) in [5.74, 6) is -0.342. The monoisotopic (exact) mass is 489 g/mol. The van der Waals surface area contributed by atoms with Crippen LogP contribution in [0.1, 0.15) is 32.3 Å². The van der Waals surface area contributed by atoms with Crippen LogP contribution in [0.25, 0.3) is 0 Å². The molecule has 0 bridgehead atoms. The summed E-state index contributed by atoms with van der Waals surface area (Å²) < 4.78 is 48.4. The maximum atomic E-state index is 13.9. The molecule has 0 amide bonds. The van der Waals surface area contributed by atoms with Crippen molar-refractivity contribution in [2.24, 2.45) is 4.99 Å². The molecule has 0 aromatic heterocycles. The van der Waals surface area contributed by atoms with E-state index in [1.807, 2.05) is 13.8 Å². The summed E-state index contributed by atoms with van der Waals surface area (Å²) in [5.41, 5.74) is -0.00338. The molecule has 0 atom stereocenters. The van der Waals surface area contributed by atoms with Crippen molar-refractivity contribution in [3.63, 3.8) is 0 Å². The van der Waals surface area contributed by atoms with Gasteiger partial charge in [-0.15, -0.1) is 24.0 Å². The lowest BCUT2D eigenvalue weighted by atomic mass is 10.2. The van der Waals surface area contributed by atoms with Crippen LogP contribution >= 0.6 is 24.0 Å². The molecule has 0 spiro atoms. The Kier molecular flexibility index (Phi) is 14.2. The minimum Gasteiger partial charge on any atom is -0.434 e. The van der Waals surface area contributed by atoms with Crippen LogP contribution in [0.2, 0.25) is 0 Å². The quantitative estimate of drug-likeness (QED) is 0.214. The van der Waals surface area contributed by atoms with Crippen molar-refractivity contribution in [1.82, 2.24) is 10.6 Å². The zero-order chi connectivity index (χ0) is 18.5. The molecule has 0 radical (unpaired) electrons. The number of halogens is 4. The molecule has 150 valence electrons. The second-order valence-corrected chi connectivity index (χ2v) is 5.12. The van der Waals surface area contributed by atoms with Crippen LogP contribution in [0, 0.1) is 5.82 Å². The van der Waals surface area contributed by atoms with Crippen LogP contribution in [-0.4, -0.2) is 38.9 Å². The van der Waals surface area contributed by atoms with Crippen molar-refractivity contribution in [3.8, 4) is 5.75 Å². The number of hydrogen-bond donors (Lipinski definition) is 2. The Hall–Kier alpha value is -1.23. The smallest absolute Gasteiger partial charge is 0.387 e. The first-order chi connectivity index (χ1) is 12.1. The Labute approximate surface area is 169 Å². The van der Waals surface area contributed by atoms with Gasteiger partial charge in [-0.3, -0.25) is 0 Å². The molecule has 26 heavy (non-hydrogen) atoms. The largest absolute Gasteiger partial charge is 0.434 e. The molecule has 0 saturated heterocycles. The van der Waals surface area contributed by atoms with Crippen LogP contribution in [0.5, 0.6) is 5.75 Å². The van der Waals surface area contributed by atoms with Crippen molar-refractivity contribution in [2.45, 2.75) is 39.8 Å². The van der Waals surface area contributed by atoms with E-state index in [-0.39, 0.29) is 41.8 Å². The number of aliphatic imine (C=N–C) groups is 1. The molecule has 0 unspecified atom stereocenters. The number of nitrogens with zero attached hydrogens (tertiary/aromatic N) is 1. The van der Waals surface area contributed by atoms with E-state index in [0.29, 0.717) is 32.3 Å². The molecule has 1 aromatic rings. The van der Waals surface area contributed by atoms with Gasteiger partial charge in [-0.25, -0.2) is 9.38 Å². The van der Waals surface area contributed by atoms with E-state index in [0.717, 1.165) is 12.8 Å². The van der Waals surface area contributed by atoms with Gasteiger partial charge in [0.25, 0.3) is 0 Å². The zero-order valence-electron chi connectivity index (χ0n) is 15.1. The third-order valence-corrected chi connectivity index (χ3v) is 3.24. The molecule has 9 heteroatoms. The standard InChI is InChI=1S/C17H26F3N3O2.HI/c1-3-21-17(22-10-5-6-11-24-4-2)23-12-13-14(18)8-7-9-15(13)25-16(19)20;/h7-9,16H,3-6,10-12H2,1-2H3,(H2,21,22,23);1H. The molecule has 2 N–H and O–H groups in total. The lowest BCUT2D eigenvalue weighted by molar-refractivity contribution is -0.0506. The minimum atomic E-state index is -3.01. The zero-order valence-corrected chi connectivity index (χ0v) is 17.4. The van der Waals surface area contributed by atoms with Gasteiger partial charge in [0, 0.05) is 26.3 Å². The molecular formula is C17H27F3IN3O2. The summed E-state index contributed by atoms with van der Waals surface area (Å²) in [6.45, 7) is 3.44. The van der Waals surface area contributed by atoms with Crippen molar-refractivity contribution < 1.29 is 22.6 Å². The van der Waals surface area contributed by atoms with Gasteiger partial charge >= 0.3 is 6.61 Å². The van der Waals surface area contributed by atoms with Crippen molar-refractivity contribution in [2.75, 3.05) is 26.3 Å². The molecular weight excluding hydrogens is 462 g/mol. The van der Waals surface area contributed by atoms with E-state index in [1.165, 1.54) is 18.2 Å². The number of alkyl halides is 2. The van der Waals surface area contributed by atoms with E-state index in [4.69, 9.17) is 4.74 Å². The average molecular weight is 489 g/mol. The van der Waals surface area contributed by atoms with E-state index in [9.17, 15) is 13.2 Å². The molecule has 0 aliphatic rings. The SMILES string of the molecule is CCNC(=NCc1c(F)cccc1OC(F)F)NCCCCOCC.I. The summed E-state index contributed by atoms with van der Waals surface area (Å²) in [7, 11) is 0. The van der Waals surface area contributed by atoms with Gasteiger partial charge in [0.05, 0.1) is 12.1 Å². The first-order valence-corrected chi connectivity index (χ1v) is 8.40. The fourth-order valence-electron chi connectivity index (χ4n) is 2.08. The predicted molar refractivity (Wildman–Crippen MR) is 107 cm³/mol. The first-order valence-electron chi connectivity index (χ1n) is 8.40. The fourth-order valence-corrected chi connectivity index (χ4v) is 2.08. The number of ether oxygens (including phenoxy) is 2. The normalized spacial score (nSPS) is 11.2. The van der Waals surface area contributed by atoms with Gasteiger partial charge in [0.15, 0.2) is 5.96 Å². The number of hydrogen-bond acceptors (Lipinski definition) is 3. The minimum absolute atomic E-state index is 0. The Morgan fingerprint density at radius 3 is 2.62 bits per heavy atom. The van der Waals surface area contributed by atoms with Crippen LogP contribution in [0.15, 0.2) is 23.2 Å². The first kappa shape index (κ1) is 24.8. The number of guanidine groups is 1. The molecule has 0 aliphatic carbocycles. The summed E-state index contributed by atoms with van der Waals surface area (Å²) in [4.78, 5) is 4.24. The third-order valence-electron chi connectivity index (χ3n) is 3.24. The summed E-state index contributed by atoms with van der Waals surface area (Å²) >= 11 is 0. The van der Waals surface area contributed by atoms with Gasteiger partial charge in [-0.2, -0.15) is 8.78 Å². The number of nitrogens with one attached hydrogen (secondary N) is 2. The van der Waals surface area contributed by atoms with Gasteiger partial charge in [-0.05, 0) is 38.8 Å². The van der Waals surface area contributed by atoms with Crippen molar-refractivity contribution in [3.05, 3.63) is 29.6 Å². The van der Waals surface area contributed by atoms with Gasteiger partial charge in [0.1, 0.15) is 11.6 Å². The van der Waals surface area contributed by atoms with Crippen molar-refractivity contribution in [1.29, 1.82) is 0 Å². The fraction of sp³-hybridized carbons (Fsp3) is 0.588. The molecule has 0 fully saturated rings. The number of unbranched alkanes of at least 4 members (excludes halogenated alkanes) is 1. The maximum Gasteiger partial charge on any atom is 0.387 e. The Balaban J connectivity index is 0.00000625. The second-order valence-electron chi connectivity index (χ2n) is 5.12. The number of benzene rings is 1. The summed E-state index contributed by atoms with van der Waals surface area (Å²) in [6, 6.07) is 3.81. The number of rotatable bonds is 11. The second kappa shape index (κ2) is 14.9. The van der Waals surface area contributed by atoms with E-state index in [2.05, 4.69) is 20.4 Å². The summed E-state index contributed by atoms with van der Waals surface area (Å²) in [6.07, 6.45) is 1.81. The van der Waals surface area contributed by atoms with Crippen molar-refractivity contribution >= 4 is 29.9 Å². The highest BCUT2D eigenvalue weighted by molar-refractivity contribution is 14.0. The van der Waals surface area contributed by atoms with Gasteiger partial charge in [-0.1, -0.05) is 6.07 Å². The van der Waals surface area contributed by atoms with Crippen LogP contribution in [0.3, 0.4) is 0 Å². The van der Waals surface area contributed by atoms with Crippen LogP contribution in [0.4, 0.5) is 13.2 Å². The van der Waals surface area contributed by atoms with E-state index >= 15 is 0 Å². The van der Waals surface area contributed by atoms with E-state index < -0.39 is 12.4 Å². The molecule has 0 aliphatic heterocycles. The molecule has 0 heterocycles. The Morgan fingerprint density at radius 1 is 1.19 bits per heavy atom. The van der Waals surface area contributed by atoms with Gasteiger partial charge < -0.3 is 20.1 Å². The Morgan fingerprint density at radius 2 is 1.96 bits per heavy atom. The highest BCUT2D eigenvalue weighted by Gasteiger charge is 2.13. The average Bonchev–Trinajstić information content (AvgIpc) is 2.56. The maximum absolute atomic E-state index is 13.9. The highest BCUT2D eigenvalue weighted by atomic mass is 127. The molecule has 0 saturated carbocycles. The third kappa shape index (κ3) is 10.0. The van der Waals surface area contributed by atoms with Gasteiger partial charge in [0.2, 0.25) is 0 Å².